The van der Waals surface area contributed by atoms with Gasteiger partial charge in [-0.15, -0.1) is 0 Å². The van der Waals surface area contributed by atoms with E-state index in [-0.39, 0.29) is 0 Å². The third kappa shape index (κ3) is 3.41. The topological polar surface area (TPSA) is 47.8 Å². The predicted molar refractivity (Wildman–Crippen MR) is 99.1 cm³/mol. The maximum absolute atomic E-state index is 11.5. The minimum absolute atomic E-state index is 0.397. The summed E-state index contributed by atoms with van der Waals surface area (Å²) in [7, 11) is 0. The molecule has 2 heterocycles. The fraction of sp³-hybridized carbons (Fsp3) is 0.0625. The van der Waals surface area contributed by atoms with Crippen LogP contribution in [0.25, 0.3) is 11.4 Å². The van der Waals surface area contributed by atoms with Crippen molar-refractivity contribution in [1.82, 2.24) is 14.5 Å². The first kappa shape index (κ1) is 16.4. The van der Waals surface area contributed by atoms with Gasteiger partial charge in [-0.25, -0.2) is 4.98 Å². The van der Waals surface area contributed by atoms with Gasteiger partial charge in [0.05, 0.1) is 6.54 Å². The molecule has 0 bridgehead atoms. The molecule has 0 amide bonds. The van der Waals surface area contributed by atoms with Crippen molar-refractivity contribution in [2.45, 2.75) is 6.54 Å². The lowest BCUT2D eigenvalue weighted by Gasteiger charge is -2.11. The van der Waals surface area contributed by atoms with E-state index in [4.69, 9.17) is 23.2 Å². The Morgan fingerprint density at radius 1 is 1.26 bits per heavy atom. The molecule has 0 aliphatic heterocycles. The average molecular weight is 458 g/mol. The highest BCUT2D eigenvalue weighted by Gasteiger charge is 2.17. The molecule has 0 aliphatic carbocycles. The Balaban J connectivity index is 2.14. The van der Waals surface area contributed by atoms with Gasteiger partial charge in [-0.1, -0.05) is 23.2 Å². The highest BCUT2D eigenvalue weighted by atomic mass is 127. The van der Waals surface area contributed by atoms with Crippen molar-refractivity contribution < 1.29 is 4.79 Å². The van der Waals surface area contributed by atoms with Crippen LogP contribution in [0.15, 0.2) is 42.7 Å². The summed E-state index contributed by atoms with van der Waals surface area (Å²) < 4.78 is 2.46. The van der Waals surface area contributed by atoms with Crippen molar-refractivity contribution in [3.05, 3.63) is 67.7 Å². The number of aromatic nitrogens is 3. The molecule has 23 heavy (non-hydrogen) atoms. The summed E-state index contributed by atoms with van der Waals surface area (Å²) >= 11 is 14.4. The molecule has 4 nitrogen and oxygen atoms in total. The molecule has 0 radical (unpaired) electrons. The quantitative estimate of drug-likeness (QED) is 0.420. The molecule has 1 aromatic carbocycles. The maximum Gasteiger partial charge on any atom is 0.169 e. The van der Waals surface area contributed by atoms with E-state index in [0.29, 0.717) is 31.8 Å². The SMILES string of the molecule is O=Cc1c(I)nc(-c2cccnc2)n1Cc1cc(Cl)ccc1Cl. The number of carbonyl (C=O) groups excluding carboxylic acids is 1. The van der Waals surface area contributed by atoms with Crippen LogP contribution in [0.2, 0.25) is 10.0 Å². The smallest absolute Gasteiger partial charge is 0.169 e. The zero-order chi connectivity index (χ0) is 16.4. The zero-order valence-corrected chi connectivity index (χ0v) is 15.4. The van der Waals surface area contributed by atoms with Gasteiger partial charge in [0.2, 0.25) is 0 Å². The number of benzene rings is 1. The van der Waals surface area contributed by atoms with Crippen LogP contribution in [0.4, 0.5) is 0 Å². The van der Waals surface area contributed by atoms with Crippen LogP contribution in [-0.4, -0.2) is 20.8 Å². The first-order valence-electron chi connectivity index (χ1n) is 6.65. The number of hydrogen-bond donors (Lipinski definition) is 0. The normalized spacial score (nSPS) is 10.7. The van der Waals surface area contributed by atoms with Crippen molar-refractivity contribution in [1.29, 1.82) is 0 Å². The van der Waals surface area contributed by atoms with E-state index in [0.717, 1.165) is 17.4 Å². The average Bonchev–Trinajstić information content (AvgIpc) is 2.87. The standard InChI is InChI=1S/C16H10Cl2IN3O/c17-12-3-4-13(18)11(6-12)8-22-14(9-23)15(19)21-16(22)10-2-1-5-20-7-10/h1-7,9H,8H2. The second-order valence-corrected chi connectivity index (χ2v) is 6.66. The molecule has 0 atom stereocenters. The number of carbonyl (C=O) groups is 1. The minimum Gasteiger partial charge on any atom is -0.316 e. The number of aldehydes is 1. The van der Waals surface area contributed by atoms with Crippen LogP contribution >= 0.6 is 45.8 Å². The largest absolute Gasteiger partial charge is 0.316 e. The molecule has 3 rings (SSSR count). The molecule has 0 saturated carbocycles. The number of imidazole rings is 1. The Morgan fingerprint density at radius 2 is 2.09 bits per heavy atom. The van der Waals surface area contributed by atoms with Gasteiger partial charge >= 0.3 is 0 Å². The Bertz CT molecular complexity index is 865. The van der Waals surface area contributed by atoms with Gasteiger partial charge in [-0.2, -0.15) is 0 Å². The van der Waals surface area contributed by atoms with Gasteiger partial charge in [0.15, 0.2) is 6.29 Å². The molecule has 0 spiro atoms. The van der Waals surface area contributed by atoms with Crippen molar-refractivity contribution in [3.8, 4) is 11.4 Å². The molecule has 2 aromatic heterocycles. The highest BCUT2D eigenvalue weighted by Crippen LogP contribution is 2.27. The van der Waals surface area contributed by atoms with E-state index >= 15 is 0 Å². The summed E-state index contributed by atoms with van der Waals surface area (Å²) in [5.41, 5.74) is 2.15. The molecular formula is C16H10Cl2IN3O. The Kier molecular flexibility index (Phi) is 4.99. The van der Waals surface area contributed by atoms with E-state index in [1.807, 2.05) is 39.3 Å². The van der Waals surface area contributed by atoms with Crippen LogP contribution in [0, 0.1) is 3.70 Å². The van der Waals surface area contributed by atoms with Crippen molar-refractivity contribution in [2.24, 2.45) is 0 Å². The van der Waals surface area contributed by atoms with E-state index in [1.54, 1.807) is 30.6 Å². The van der Waals surface area contributed by atoms with Crippen LogP contribution in [0.1, 0.15) is 16.1 Å². The van der Waals surface area contributed by atoms with Gasteiger partial charge in [-0.3, -0.25) is 9.78 Å². The minimum atomic E-state index is 0.397. The number of nitrogens with zero attached hydrogens (tertiary/aromatic N) is 3. The van der Waals surface area contributed by atoms with Crippen LogP contribution in [-0.2, 0) is 6.54 Å². The lowest BCUT2D eigenvalue weighted by atomic mass is 10.2. The van der Waals surface area contributed by atoms with Crippen molar-refractivity contribution >= 4 is 52.1 Å². The fourth-order valence-electron chi connectivity index (χ4n) is 2.26. The lowest BCUT2D eigenvalue weighted by molar-refractivity contribution is 0.111. The molecule has 0 fully saturated rings. The third-order valence-corrected chi connectivity index (χ3v) is 4.73. The monoisotopic (exact) mass is 457 g/mol. The highest BCUT2D eigenvalue weighted by molar-refractivity contribution is 14.1. The molecular weight excluding hydrogens is 448 g/mol. The summed E-state index contributed by atoms with van der Waals surface area (Å²) in [5.74, 6) is 0.667. The number of hydrogen-bond acceptors (Lipinski definition) is 3. The number of rotatable bonds is 4. The number of pyridine rings is 1. The molecule has 0 aliphatic rings. The predicted octanol–water partition coefficient (Wildman–Crippen LogP) is 4.72. The number of halogens is 3. The first-order valence-corrected chi connectivity index (χ1v) is 8.49. The van der Waals surface area contributed by atoms with Crippen molar-refractivity contribution in [3.63, 3.8) is 0 Å². The van der Waals surface area contributed by atoms with Crippen LogP contribution in [0.3, 0.4) is 0 Å². The molecule has 0 unspecified atom stereocenters. The van der Waals surface area contributed by atoms with E-state index in [1.165, 1.54) is 0 Å². The molecule has 116 valence electrons. The van der Waals surface area contributed by atoms with E-state index in [2.05, 4.69) is 9.97 Å². The van der Waals surface area contributed by atoms with Gasteiger partial charge in [0.25, 0.3) is 0 Å². The maximum atomic E-state index is 11.5. The molecule has 3 aromatic rings. The summed E-state index contributed by atoms with van der Waals surface area (Å²) in [6.07, 6.45) is 4.20. The molecule has 0 N–H and O–H groups in total. The summed E-state index contributed by atoms with van der Waals surface area (Å²) in [4.78, 5) is 20.1. The molecule has 7 heteroatoms. The van der Waals surface area contributed by atoms with Gasteiger partial charge in [0, 0.05) is 28.0 Å². The first-order chi connectivity index (χ1) is 11.1. The van der Waals surface area contributed by atoms with Crippen molar-refractivity contribution in [2.75, 3.05) is 0 Å². The van der Waals surface area contributed by atoms with Gasteiger partial charge < -0.3 is 4.57 Å². The zero-order valence-electron chi connectivity index (χ0n) is 11.7. The Hall–Kier alpha value is -1.44. The van der Waals surface area contributed by atoms with Crippen LogP contribution in [0.5, 0.6) is 0 Å². The van der Waals surface area contributed by atoms with Crippen LogP contribution < -0.4 is 0 Å². The van der Waals surface area contributed by atoms with Gasteiger partial charge in [-0.05, 0) is 58.5 Å². The van der Waals surface area contributed by atoms with E-state index in [9.17, 15) is 4.79 Å². The third-order valence-electron chi connectivity index (χ3n) is 3.33. The lowest BCUT2D eigenvalue weighted by Crippen LogP contribution is -2.07. The summed E-state index contributed by atoms with van der Waals surface area (Å²) in [6.45, 7) is 0.397. The Labute approximate surface area is 156 Å². The summed E-state index contributed by atoms with van der Waals surface area (Å²) in [5, 5.41) is 1.18. The second kappa shape index (κ2) is 6.98. The summed E-state index contributed by atoms with van der Waals surface area (Å²) in [6, 6.07) is 8.99. The molecule has 0 saturated heterocycles. The fourth-order valence-corrected chi connectivity index (χ4v) is 3.28. The van der Waals surface area contributed by atoms with E-state index < -0.39 is 0 Å². The Morgan fingerprint density at radius 3 is 2.78 bits per heavy atom. The second-order valence-electron chi connectivity index (χ2n) is 4.79. The van der Waals surface area contributed by atoms with Gasteiger partial charge in [0.1, 0.15) is 15.2 Å².